The standard InChI is InChI=1S/C26H25O2S/c1-17(2)13-14-25(27)28-26-18(3)15-20(16-19(26)4)29-23-11-7-5-9-21(23)22-10-6-8-12-24(22)29/h5-17H,1-4H3/q+1/b14-13+. The van der Waals surface area contributed by atoms with Crippen molar-refractivity contribution in [2.45, 2.75) is 27.7 Å². The predicted molar refractivity (Wildman–Crippen MR) is 124 cm³/mol. The average Bonchev–Trinajstić information content (AvgIpc) is 3.03. The Bertz CT molecular complexity index is 1170. The van der Waals surface area contributed by atoms with Crippen LogP contribution in [0.25, 0.3) is 25.1 Å². The van der Waals surface area contributed by atoms with Crippen molar-refractivity contribution in [1.82, 2.24) is 0 Å². The van der Waals surface area contributed by atoms with Gasteiger partial charge in [0, 0.05) is 39.5 Å². The third-order valence-corrected chi connectivity index (χ3v) is 7.29. The van der Waals surface area contributed by atoms with Crippen molar-refractivity contribution in [3.05, 3.63) is 83.9 Å². The molecule has 0 bridgehead atoms. The first-order chi connectivity index (χ1) is 14.0. The average molecular weight is 402 g/mol. The van der Waals surface area contributed by atoms with Crippen LogP contribution in [0.3, 0.4) is 0 Å². The molecule has 0 aliphatic heterocycles. The van der Waals surface area contributed by atoms with Gasteiger partial charge in [-0.15, -0.1) is 0 Å². The summed E-state index contributed by atoms with van der Waals surface area (Å²) in [4.78, 5) is 13.4. The van der Waals surface area contributed by atoms with Gasteiger partial charge in [-0.25, -0.2) is 4.79 Å². The monoisotopic (exact) mass is 401 g/mol. The molecule has 0 fully saturated rings. The van der Waals surface area contributed by atoms with Gasteiger partial charge in [-0.05, 0) is 55.2 Å². The number of carbonyl (C=O) groups excluding carboxylic acids is 1. The van der Waals surface area contributed by atoms with E-state index in [-0.39, 0.29) is 16.4 Å². The van der Waals surface area contributed by atoms with E-state index < -0.39 is 0 Å². The summed E-state index contributed by atoms with van der Waals surface area (Å²) >= 11 is 0. The highest BCUT2D eigenvalue weighted by atomic mass is 32.2. The molecule has 0 aliphatic carbocycles. The third-order valence-electron chi connectivity index (χ3n) is 4.99. The Morgan fingerprint density at radius 3 is 1.93 bits per heavy atom. The molecule has 0 amide bonds. The summed E-state index contributed by atoms with van der Waals surface area (Å²) in [7, 11) is -0.146. The molecule has 2 nitrogen and oxygen atoms in total. The first-order valence-corrected chi connectivity index (χ1v) is 11.1. The van der Waals surface area contributed by atoms with E-state index in [0.717, 1.165) is 11.1 Å². The summed E-state index contributed by atoms with van der Waals surface area (Å²) in [5.41, 5.74) is 1.97. The highest BCUT2D eigenvalue weighted by Crippen LogP contribution is 2.49. The van der Waals surface area contributed by atoms with Crippen molar-refractivity contribution < 1.29 is 9.53 Å². The molecule has 146 valence electrons. The van der Waals surface area contributed by atoms with Gasteiger partial charge in [-0.1, -0.05) is 44.2 Å². The molecule has 0 N–H and O–H groups in total. The second kappa shape index (κ2) is 7.84. The number of carbonyl (C=O) groups is 1. The molecule has 0 unspecified atom stereocenters. The summed E-state index contributed by atoms with van der Waals surface area (Å²) in [6, 6.07) is 21.6. The maximum Gasteiger partial charge on any atom is 0.335 e. The Morgan fingerprint density at radius 2 is 1.41 bits per heavy atom. The van der Waals surface area contributed by atoms with Crippen LogP contribution in [-0.4, -0.2) is 5.97 Å². The van der Waals surface area contributed by atoms with Crippen molar-refractivity contribution in [2.24, 2.45) is 5.92 Å². The molecule has 4 rings (SSSR count). The van der Waals surface area contributed by atoms with Crippen LogP contribution in [-0.2, 0) is 4.79 Å². The van der Waals surface area contributed by atoms with E-state index in [4.69, 9.17) is 4.74 Å². The normalized spacial score (nSPS) is 11.8. The summed E-state index contributed by atoms with van der Waals surface area (Å²) in [5.74, 6) is 0.656. The van der Waals surface area contributed by atoms with Gasteiger partial charge < -0.3 is 4.74 Å². The molecule has 3 aromatic carbocycles. The summed E-state index contributed by atoms with van der Waals surface area (Å²) in [6.07, 6.45) is 3.37. The van der Waals surface area contributed by atoms with E-state index in [2.05, 4.69) is 60.7 Å². The molecular weight excluding hydrogens is 376 g/mol. The highest BCUT2D eigenvalue weighted by Gasteiger charge is 2.24. The Balaban J connectivity index is 1.82. The van der Waals surface area contributed by atoms with Gasteiger partial charge in [0.15, 0.2) is 14.3 Å². The maximum absolute atomic E-state index is 12.2. The van der Waals surface area contributed by atoms with Gasteiger partial charge in [0.1, 0.15) is 5.75 Å². The third kappa shape index (κ3) is 3.70. The van der Waals surface area contributed by atoms with Crippen LogP contribution < -0.4 is 4.74 Å². The van der Waals surface area contributed by atoms with Crippen molar-refractivity contribution in [2.75, 3.05) is 0 Å². The fourth-order valence-corrected chi connectivity index (χ4v) is 6.26. The molecule has 0 aliphatic rings. The molecule has 29 heavy (non-hydrogen) atoms. The quantitative estimate of drug-likeness (QED) is 0.153. The van der Waals surface area contributed by atoms with Crippen LogP contribution in [0.1, 0.15) is 25.0 Å². The number of hydrogen-bond acceptors (Lipinski definition) is 2. The lowest BCUT2D eigenvalue weighted by molar-refractivity contribution is -0.129. The zero-order valence-corrected chi connectivity index (χ0v) is 18.0. The van der Waals surface area contributed by atoms with Crippen molar-refractivity contribution in [3.63, 3.8) is 0 Å². The minimum absolute atomic E-state index is 0.146. The van der Waals surface area contributed by atoms with E-state index >= 15 is 0 Å². The fraction of sp³-hybridized carbons (Fsp3) is 0.192. The second-order valence-electron chi connectivity index (χ2n) is 7.71. The van der Waals surface area contributed by atoms with Crippen molar-refractivity contribution >= 4 is 36.6 Å². The number of aryl methyl sites for hydroxylation is 2. The first-order valence-electron chi connectivity index (χ1n) is 9.89. The SMILES string of the molecule is Cc1cc(-[s+]2c3ccccc3c3ccccc32)cc(C)c1OC(=O)/C=C/C(C)C. The number of thiophene rings is 1. The van der Waals surface area contributed by atoms with Crippen molar-refractivity contribution in [1.29, 1.82) is 0 Å². The Morgan fingerprint density at radius 1 is 0.897 bits per heavy atom. The number of fused-ring (bicyclic) bond motifs is 3. The maximum atomic E-state index is 12.2. The van der Waals surface area contributed by atoms with Gasteiger partial charge in [-0.2, -0.15) is 0 Å². The van der Waals surface area contributed by atoms with E-state index in [0.29, 0.717) is 11.7 Å². The molecule has 0 saturated carbocycles. The number of rotatable bonds is 4. The molecule has 0 saturated heterocycles. The lowest BCUT2D eigenvalue weighted by Crippen LogP contribution is -2.07. The Hall–Kier alpha value is -2.91. The first kappa shape index (κ1) is 19.4. The van der Waals surface area contributed by atoms with Crippen LogP contribution in [0.2, 0.25) is 0 Å². The topological polar surface area (TPSA) is 26.3 Å². The number of esters is 1. The van der Waals surface area contributed by atoms with Crippen LogP contribution in [0.5, 0.6) is 5.75 Å². The van der Waals surface area contributed by atoms with Gasteiger partial charge in [-0.3, -0.25) is 0 Å². The molecule has 1 aromatic heterocycles. The fourth-order valence-electron chi connectivity index (χ4n) is 3.70. The molecule has 0 spiro atoms. The lowest BCUT2D eigenvalue weighted by atomic mass is 10.1. The van der Waals surface area contributed by atoms with Crippen LogP contribution in [0.4, 0.5) is 0 Å². The molecule has 3 heteroatoms. The summed E-state index contributed by atoms with van der Waals surface area (Å²) in [6.45, 7) is 8.10. The Kier molecular flexibility index (Phi) is 5.25. The van der Waals surface area contributed by atoms with Crippen LogP contribution in [0, 0.1) is 19.8 Å². The molecular formula is C26H25O2S+. The highest BCUT2D eigenvalue weighted by molar-refractivity contribution is 7.50. The zero-order chi connectivity index (χ0) is 20.5. The van der Waals surface area contributed by atoms with Crippen LogP contribution >= 0.6 is 10.5 Å². The Labute approximate surface area is 174 Å². The number of ether oxygens (including phenoxy) is 1. The summed E-state index contributed by atoms with van der Waals surface area (Å²) < 4.78 is 8.38. The molecule has 4 aromatic rings. The number of hydrogen-bond donors (Lipinski definition) is 0. The zero-order valence-electron chi connectivity index (χ0n) is 17.2. The van der Waals surface area contributed by atoms with Crippen molar-refractivity contribution in [3.8, 4) is 10.6 Å². The number of benzene rings is 3. The molecule has 1 heterocycles. The van der Waals surface area contributed by atoms with Gasteiger partial charge in [0.2, 0.25) is 0 Å². The van der Waals surface area contributed by atoms with Crippen LogP contribution in [0.15, 0.2) is 72.8 Å². The lowest BCUT2D eigenvalue weighted by Gasteiger charge is -2.09. The summed E-state index contributed by atoms with van der Waals surface area (Å²) in [5, 5.41) is 2.63. The molecule has 0 atom stereocenters. The van der Waals surface area contributed by atoms with E-state index in [1.807, 2.05) is 33.8 Å². The minimum Gasteiger partial charge on any atom is -0.423 e. The number of allylic oxidation sites excluding steroid dienone is 1. The molecule has 0 radical (unpaired) electrons. The second-order valence-corrected chi connectivity index (χ2v) is 9.67. The van der Waals surface area contributed by atoms with E-state index in [9.17, 15) is 4.79 Å². The smallest absolute Gasteiger partial charge is 0.335 e. The van der Waals surface area contributed by atoms with E-state index in [1.54, 1.807) is 0 Å². The van der Waals surface area contributed by atoms with E-state index in [1.165, 1.54) is 31.1 Å². The largest absolute Gasteiger partial charge is 0.423 e. The van der Waals surface area contributed by atoms with Gasteiger partial charge in [0.05, 0.1) is 0 Å². The minimum atomic E-state index is -0.323. The van der Waals surface area contributed by atoms with Gasteiger partial charge in [0.25, 0.3) is 0 Å². The van der Waals surface area contributed by atoms with Gasteiger partial charge >= 0.3 is 5.97 Å². The predicted octanol–water partition coefficient (Wildman–Crippen LogP) is 7.47.